The number of carbonyl (C=O) groups excluding carboxylic acids is 1. The van der Waals surface area contributed by atoms with Crippen LogP contribution in [-0.4, -0.2) is 119 Å². The van der Waals surface area contributed by atoms with Gasteiger partial charge in [-0.1, -0.05) is 18.2 Å². The van der Waals surface area contributed by atoms with Gasteiger partial charge in [-0.2, -0.15) is 8.42 Å². The number of hydrogen-bond donors (Lipinski definition) is 0. The first-order valence-electron chi connectivity index (χ1n) is 12.9. The minimum atomic E-state index is -3.76. The Bertz CT molecular complexity index is 827. The van der Waals surface area contributed by atoms with Crippen molar-refractivity contribution in [2.24, 2.45) is 0 Å². The molecule has 0 saturated carbocycles. The molecule has 0 aromatic heterocycles. The van der Waals surface area contributed by atoms with E-state index in [0.29, 0.717) is 79.3 Å². The third-order valence-corrected chi connectivity index (χ3v) is 5.70. The van der Waals surface area contributed by atoms with E-state index in [4.69, 9.17) is 42.1 Å². The van der Waals surface area contributed by atoms with Crippen LogP contribution in [0, 0.1) is 0 Å². The lowest BCUT2D eigenvalue weighted by molar-refractivity contribution is -0.160. The smallest absolute Gasteiger partial charge is 0.332 e. The fourth-order valence-electron chi connectivity index (χ4n) is 2.70. The van der Waals surface area contributed by atoms with E-state index in [-0.39, 0.29) is 24.7 Å². The van der Waals surface area contributed by atoms with Crippen molar-refractivity contribution in [1.82, 2.24) is 0 Å². The van der Waals surface area contributed by atoms with Crippen LogP contribution in [0.3, 0.4) is 0 Å². The molecule has 0 unspecified atom stereocenters. The Morgan fingerprint density at radius 2 is 0.949 bits per heavy atom. The Hall–Kier alpha value is -1.68. The summed E-state index contributed by atoms with van der Waals surface area (Å²) < 4.78 is 71.4. The largest absolute Gasteiger partial charge is 0.458 e. The molecule has 0 aliphatic carbocycles. The molecule has 0 aliphatic rings. The first-order valence-corrected chi connectivity index (χ1v) is 14.3. The maximum absolute atomic E-state index is 11.9. The van der Waals surface area contributed by atoms with E-state index in [1.165, 1.54) is 12.1 Å². The fraction of sp³-hybridized carbons (Fsp3) is 0.731. The first-order chi connectivity index (χ1) is 18.7. The van der Waals surface area contributed by atoms with Gasteiger partial charge in [-0.15, -0.1) is 0 Å². The predicted octanol–water partition coefficient (Wildman–Crippen LogP) is 1.85. The highest BCUT2D eigenvalue weighted by molar-refractivity contribution is 7.86. The van der Waals surface area contributed by atoms with Crippen LogP contribution in [0.4, 0.5) is 0 Å². The molecule has 0 fully saturated rings. The maximum atomic E-state index is 11.9. The second-order valence-electron chi connectivity index (χ2n) is 8.90. The standard InChI is InChI=1S/C26H44O12S/c1-26(2,3)38-25(27)23-36-20-19-34-16-15-32-12-11-30-9-10-31-13-14-33-17-18-35-21-22-37-39(28,29)24-7-5-4-6-8-24/h4-8H,9-23H2,1-3H3. The number of benzene rings is 1. The average molecular weight is 581 g/mol. The molecule has 226 valence electrons. The Labute approximate surface area is 232 Å². The Morgan fingerprint density at radius 1 is 0.590 bits per heavy atom. The summed E-state index contributed by atoms with van der Waals surface area (Å²) >= 11 is 0. The molecule has 0 bridgehead atoms. The van der Waals surface area contributed by atoms with Crippen LogP contribution in [0.25, 0.3) is 0 Å². The zero-order valence-electron chi connectivity index (χ0n) is 23.3. The summed E-state index contributed by atoms with van der Waals surface area (Å²) in [7, 11) is -3.76. The van der Waals surface area contributed by atoms with E-state index in [2.05, 4.69) is 0 Å². The molecule has 0 spiro atoms. The second-order valence-corrected chi connectivity index (χ2v) is 10.5. The van der Waals surface area contributed by atoms with Crippen LogP contribution in [-0.2, 0) is 57.0 Å². The molecular formula is C26H44O12S. The molecule has 1 aromatic rings. The van der Waals surface area contributed by atoms with Gasteiger partial charge in [0.15, 0.2) is 0 Å². The average Bonchev–Trinajstić information content (AvgIpc) is 2.88. The lowest BCUT2D eigenvalue weighted by atomic mass is 10.2. The maximum Gasteiger partial charge on any atom is 0.332 e. The van der Waals surface area contributed by atoms with Gasteiger partial charge < -0.3 is 37.9 Å². The third-order valence-electron chi connectivity index (χ3n) is 4.37. The van der Waals surface area contributed by atoms with E-state index in [1.807, 2.05) is 0 Å². The van der Waals surface area contributed by atoms with Gasteiger partial charge in [0.1, 0.15) is 12.2 Å². The summed E-state index contributed by atoms with van der Waals surface area (Å²) in [6.07, 6.45) is 0. The molecule has 13 heteroatoms. The van der Waals surface area contributed by atoms with Crippen molar-refractivity contribution in [3.63, 3.8) is 0 Å². The third kappa shape index (κ3) is 21.8. The van der Waals surface area contributed by atoms with Gasteiger partial charge >= 0.3 is 5.97 Å². The van der Waals surface area contributed by atoms with Gasteiger partial charge in [0.2, 0.25) is 0 Å². The molecular weight excluding hydrogens is 536 g/mol. The van der Waals surface area contributed by atoms with E-state index in [9.17, 15) is 13.2 Å². The lowest BCUT2D eigenvalue weighted by Gasteiger charge is -2.19. The van der Waals surface area contributed by atoms with Crippen molar-refractivity contribution in [2.75, 3.05) is 99.1 Å². The van der Waals surface area contributed by atoms with E-state index >= 15 is 0 Å². The minimum absolute atomic E-state index is 0.0622. The first kappa shape index (κ1) is 35.3. The van der Waals surface area contributed by atoms with E-state index < -0.39 is 21.7 Å². The Kier molecular flexibility index (Phi) is 20.0. The predicted molar refractivity (Wildman–Crippen MR) is 141 cm³/mol. The second kappa shape index (κ2) is 22.1. The summed E-state index contributed by atoms with van der Waals surface area (Å²) in [6.45, 7) is 10.3. The summed E-state index contributed by atoms with van der Waals surface area (Å²) in [5.74, 6) is -0.397. The molecule has 1 rings (SSSR count). The van der Waals surface area contributed by atoms with Crippen LogP contribution >= 0.6 is 0 Å². The fourth-order valence-corrected chi connectivity index (χ4v) is 3.62. The molecule has 0 aliphatic heterocycles. The molecule has 0 heterocycles. The minimum Gasteiger partial charge on any atom is -0.458 e. The van der Waals surface area contributed by atoms with Crippen molar-refractivity contribution in [3.05, 3.63) is 30.3 Å². The van der Waals surface area contributed by atoms with Crippen LogP contribution in [0.15, 0.2) is 35.2 Å². The van der Waals surface area contributed by atoms with Crippen molar-refractivity contribution >= 4 is 16.1 Å². The van der Waals surface area contributed by atoms with Crippen LogP contribution in [0.5, 0.6) is 0 Å². The van der Waals surface area contributed by atoms with Gasteiger partial charge in [-0.05, 0) is 32.9 Å². The number of hydrogen-bond acceptors (Lipinski definition) is 12. The topological polar surface area (TPSA) is 134 Å². The molecule has 1 aromatic carbocycles. The zero-order valence-corrected chi connectivity index (χ0v) is 24.1. The van der Waals surface area contributed by atoms with Crippen molar-refractivity contribution in [1.29, 1.82) is 0 Å². The van der Waals surface area contributed by atoms with Gasteiger partial charge in [0.05, 0.1) is 97.4 Å². The molecule has 0 saturated heterocycles. The molecule has 0 amide bonds. The van der Waals surface area contributed by atoms with Crippen molar-refractivity contribution in [3.8, 4) is 0 Å². The van der Waals surface area contributed by atoms with E-state index in [0.717, 1.165) is 0 Å². The van der Waals surface area contributed by atoms with Crippen molar-refractivity contribution < 1.29 is 55.3 Å². The van der Waals surface area contributed by atoms with Crippen LogP contribution in [0.2, 0.25) is 0 Å². The molecule has 39 heavy (non-hydrogen) atoms. The summed E-state index contributed by atoms with van der Waals surface area (Å²) in [4.78, 5) is 11.6. The monoisotopic (exact) mass is 580 g/mol. The number of ether oxygens (including phenoxy) is 8. The van der Waals surface area contributed by atoms with Gasteiger partial charge in [-0.3, -0.25) is 4.18 Å². The lowest BCUT2D eigenvalue weighted by Crippen LogP contribution is -2.27. The van der Waals surface area contributed by atoms with Gasteiger partial charge in [0, 0.05) is 0 Å². The molecule has 12 nitrogen and oxygen atoms in total. The summed E-state index contributed by atoms with van der Waals surface area (Å²) in [5, 5.41) is 0. The van der Waals surface area contributed by atoms with Gasteiger partial charge in [0.25, 0.3) is 10.1 Å². The highest BCUT2D eigenvalue weighted by atomic mass is 32.2. The van der Waals surface area contributed by atoms with Crippen LogP contribution < -0.4 is 0 Å². The summed E-state index contributed by atoms with van der Waals surface area (Å²) in [6, 6.07) is 7.95. The highest BCUT2D eigenvalue weighted by Crippen LogP contribution is 2.10. The summed E-state index contributed by atoms with van der Waals surface area (Å²) in [5.41, 5.74) is -0.518. The van der Waals surface area contributed by atoms with Crippen molar-refractivity contribution in [2.45, 2.75) is 31.3 Å². The normalized spacial score (nSPS) is 12.1. The number of rotatable bonds is 25. The molecule has 0 radical (unpaired) electrons. The molecule has 0 atom stereocenters. The number of esters is 1. The Balaban J connectivity index is 1.74. The quantitative estimate of drug-likeness (QED) is 0.0949. The van der Waals surface area contributed by atoms with Crippen LogP contribution in [0.1, 0.15) is 20.8 Å². The highest BCUT2D eigenvalue weighted by Gasteiger charge is 2.16. The SMILES string of the molecule is CC(C)(C)OC(=O)COCCOCCOCCOCCOCCOCCOCCOS(=O)(=O)c1ccccc1. The Morgan fingerprint density at radius 3 is 1.33 bits per heavy atom. The van der Waals surface area contributed by atoms with E-state index in [1.54, 1.807) is 39.0 Å². The molecule has 0 N–H and O–H groups in total. The zero-order chi connectivity index (χ0) is 28.7. The van der Waals surface area contributed by atoms with Gasteiger partial charge in [-0.25, -0.2) is 4.79 Å². The number of carbonyl (C=O) groups is 1.